The fourth-order valence-corrected chi connectivity index (χ4v) is 3.40. The lowest BCUT2D eigenvalue weighted by Gasteiger charge is -2.37. The molecule has 2 amide bonds. The molecule has 0 spiro atoms. The van der Waals surface area contributed by atoms with E-state index in [1.165, 1.54) is 0 Å². The summed E-state index contributed by atoms with van der Waals surface area (Å²) in [5.74, 6) is 1.21. The van der Waals surface area contributed by atoms with Crippen molar-refractivity contribution in [3.63, 3.8) is 0 Å². The minimum Gasteiger partial charge on any atom is -0.466 e. The molecule has 3 rings (SSSR count). The molecule has 0 radical (unpaired) electrons. The van der Waals surface area contributed by atoms with E-state index in [-0.39, 0.29) is 17.9 Å². The van der Waals surface area contributed by atoms with Gasteiger partial charge >= 0.3 is 0 Å². The summed E-state index contributed by atoms with van der Waals surface area (Å²) in [4.78, 5) is 29.1. The molecule has 7 nitrogen and oxygen atoms in total. The highest BCUT2D eigenvalue weighted by molar-refractivity contribution is 5.96. The van der Waals surface area contributed by atoms with Crippen LogP contribution in [0.25, 0.3) is 0 Å². The van der Waals surface area contributed by atoms with Crippen molar-refractivity contribution in [2.45, 2.75) is 26.8 Å². The number of piperazine rings is 1. The number of carbonyl (C=O) groups excluding carboxylic acids is 2. The van der Waals surface area contributed by atoms with Gasteiger partial charge in [0, 0.05) is 31.9 Å². The normalized spacial score (nSPS) is 15.7. The summed E-state index contributed by atoms with van der Waals surface area (Å²) < 4.78 is 5.46. The summed E-state index contributed by atoms with van der Waals surface area (Å²) in [7, 11) is 0. The number of aryl methyl sites for hydroxylation is 2. The van der Waals surface area contributed by atoms with Crippen LogP contribution in [0.2, 0.25) is 0 Å². The molecule has 0 aliphatic carbocycles. The zero-order valence-corrected chi connectivity index (χ0v) is 16.4. The fourth-order valence-electron chi connectivity index (χ4n) is 3.40. The molecule has 2 aromatic rings. The second kappa shape index (κ2) is 8.28. The number of rotatable bonds is 4. The largest absolute Gasteiger partial charge is 0.466 e. The number of hydrogen-bond donors (Lipinski definition) is 1. The zero-order valence-electron chi connectivity index (χ0n) is 16.4. The number of amides is 2. The van der Waals surface area contributed by atoms with Gasteiger partial charge in [-0.15, -0.1) is 0 Å². The Morgan fingerprint density at radius 2 is 1.89 bits per heavy atom. The van der Waals surface area contributed by atoms with E-state index in [9.17, 15) is 9.59 Å². The van der Waals surface area contributed by atoms with Crippen molar-refractivity contribution >= 4 is 17.5 Å². The van der Waals surface area contributed by atoms with Gasteiger partial charge in [-0.05, 0) is 45.0 Å². The minimum absolute atomic E-state index is 0.0283. The second-order valence-electron chi connectivity index (χ2n) is 7.01. The first kappa shape index (κ1) is 19.6. The van der Waals surface area contributed by atoms with Gasteiger partial charge in [-0.1, -0.05) is 6.07 Å². The van der Waals surface area contributed by atoms with Gasteiger partial charge < -0.3 is 14.6 Å². The molecular weight excluding hydrogens is 356 g/mol. The SMILES string of the molecule is Cc1cc(C(=O)N2CCN(C(C)C(=O)Nc3cccc(C#N)c3)CC2)c(C)o1. The van der Waals surface area contributed by atoms with E-state index in [2.05, 4.69) is 16.3 Å². The highest BCUT2D eigenvalue weighted by Gasteiger charge is 2.29. The fraction of sp³-hybridized carbons (Fsp3) is 0.381. The van der Waals surface area contributed by atoms with E-state index in [4.69, 9.17) is 9.68 Å². The Labute approximate surface area is 164 Å². The van der Waals surface area contributed by atoms with E-state index in [1.807, 2.05) is 13.8 Å². The Balaban J connectivity index is 1.56. The van der Waals surface area contributed by atoms with Crippen molar-refractivity contribution < 1.29 is 14.0 Å². The third-order valence-corrected chi connectivity index (χ3v) is 5.06. The van der Waals surface area contributed by atoms with Crippen LogP contribution in [0.1, 0.15) is 34.4 Å². The molecule has 1 aliphatic rings. The molecule has 1 N–H and O–H groups in total. The lowest BCUT2D eigenvalue weighted by Crippen LogP contribution is -2.54. The highest BCUT2D eigenvalue weighted by atomic mass is 16.3. The van der Waals surface area contributed by atoms with Gasteiger partial charge in [0.15, 0.2) is 0 Å². The summed E-state index contributed by atoms with van der Waals surface area (Å²) in [6, 6.07) is 10.3. The van der Waals surface area contributed by atoms with Crippen molar-refractivity contribution in [2.75, 3.05) is 31.5 Å². The monoisotopic (exact) mass is 380 g/mol. The van der Waals surface area contributed by atoms with E-state index < -0.39 is 0 Å². The molecule has 2 heterocycles. The Kier molecular flexibility index (Phi) is 5.81. The van der Waals surface area contributed by atoms with Crippen LogP contribution in [0.4, 0.5) is 5.69 Å². The van der Waals surface area contributed by atoms with Crippen LogP contribution in [0.15, 0.2) is 34.7 Å². The first-order valence-corrected chi connectivity index (χ1v) is 9.30. The van der Waals surface area contributed by atoms with Crippen LogP contribution in [0.3, 0.4) is 0 Å². The van der Waals surface area contributed by atoms with Gasteiger partial charge in [0.1, 0.15) is 11.5 Å². The number of nitrogens with zero attached hydrogens (tertiary/aromatic N) is 3. The summed E-state index contributed by atoms with van der Waals surface area (Å²) in [6.45, 7) is 7.83. The zero-order chi connectivity index (χ0) is 20.3. The molecule has 0 saturated carbocycles. The molecular formula is C21H24N4O3. The van der Waals surface area contributed by atoms with Crippen molar-refractivity contribution in [1.29, 1.82) is 5.26 Å². The average molecular weight is 380 g/mol. The predicted molar refractivity (Wildman–Crippen MR) is 105 cm³/mol. The molecule has 28 heavy (non-hydrogen) atoms. The molecule has 1 aromatic heterocycles. The van der Waals surface area contributed by atoms with Crippen LogP contribution in [0.5, 0.6) is 0 Å². The maximum atomic E-state index is 12.7. The van der Waals surface area contributed by atoms with Gasteiger partial charge in [-0.2, -0.15) is 5.26 Å². The van der Waals surface area contributed by atoms with Crippen LogP contribution in [-0.4, -0.2) is 53.8 Å². The van der Waals surface area contributed by atoms with E-state index in [0.29, 0.717) is 48.8 Å². The quantitative estimate of drug-likeness (QED) is 0.880. The summed E-state index contributed by atoms with van der Waals surface area (Å²) in [5.41, 5.74) is 1.71. The Hall–Kier alpha value is -3.11. The van der Waals surface area contributed by atoms with E-state index in [1.54, 1.807) is 42.2 Å². The van der Waals surface area contributed by atoms with Crippen molar-refractivity contribution in [3.05, 3.63) is 53.0 Å². The molecule has 1 aliphatic heterocycles. The molecule has 7 heteroatoms. The van der Waals surface area contributed by atoms with E-state index >= 15 is 0 Å². The predicted octanol–water partition coefficient (Wildman–Crippen LogP) is 2.55. The van der Waals surface area contributed by atoms with Crippen molar-refractivity contribution in [3.8, 4) is 6.07 Å². The smallest absolute Gasteiger partial charge is 0.257 e. The molecule has 1 aromatic carbocycles. The number of benzene rings is 1. The van der Waals surface area contributed by atoms with E-state index in [0.717, 1.165) is 5.76 Å². The maximum Gasteiger partial charge on any atom is 0.257 e. The van der Waals surface area contributed by atoms with Crippen molar-refractivity contribution in [2.24, 2.45) is 0 Å². The second-order valence-corrected chi connectivity index (χ2v) is 7.01. The number of nitrogens with one attached hydrogen (secondary N) is 1. The molecule has 1 fully saturated rings. The van der Waals surface area contributed by atoms with Gasteiger partial charge in [-0.3, -0.25) is 14.5 Å². The number of anilines is 1. The third kappa shape index (κ3) is 4.24. The lowest BCUT2D eigenvalue weighted by atomic mass is 10.1. The highest BCUT2D eigenvalue weighted by Crippen LogP contribution is 2.18. The van der Waals surface area contributed by atoms with Crippen LogP contribution in [-0.2, 0) is 4.79 Å². The Morgan fingerprint density at radius 1 is 1.18 bits per heavy atom. The van der Waals surface area contributed by atoms with Gasteiger partial charge in [0.05, 0.1) is 23.2 Å². The van der Waals surface area contributed by atoms with Crippen LogP contribution >= 0.6 is 0 Å². The summed E-state index contributed by atoms with van der Waals surface area (Å²) in [6.07, 6.45) is 0. The number of hydrogen-bond acceptors (Lipinski definition) is 5. The van der Waals surface area contributed by atoms with Crippen LogP contribution in [0, 0.1) is 25.2 Å². The molecule has 1 saturated heterocycles. The maximum absolute atomic E-state index is 12.7. The third-order valence-electron chi connectivity index (χ3n) is 5.06. The number of nitriles is 1. The molecule has 1 atom stereocenters. The summed E-state index contributed by atoms with van der Waals surface area (Å²) in [5, 5.41) is 11.8. The first-order chi connectivity index (χ1) is 13.4. The Bertz CT molecular complexity index is 920. The standard InChI is InChI=1S/C21H24N4O3/c1-14-11-19(16(3)28-14)21(27)25-9-7-24(8-10-25)15(2)20(26)23-18-6-4-5-17(12-18)13-22/h4-6,11-12,15H,7-10H2,1-3H3,(H,23,26). The summed E-state index contributed by atoms with van der Waals surface area (Å²) >= 11 is 0. The molecule has 146 valence electrons. The lowest BCUT2D eigenvalue weighted by molar-refractivity contribution is -0.121. The molecule has 1 unspecified atom stereocenters. The topological polar surface area (TPSA) is 89.6 Å². The van der Waals surface area contributed by atoms with Crippen LogP contribution < -0.4 is 5.32 Å². The average Bonchev–Trinajstić information content (AvgIpc) is 3.05. The van der Waals surface area contributed by atoms with Gasteiger partial charge in [0.2, 0.25) is 5.91 Å². The first-order valence-electron chi connectivity index (χ1n) is 9.30. The van der Waals surface area contributed by atoms with Gasteiger partial charge in [0.25, 0.3) is 5.91 Å². The van der Waals surface area contributed by atoms with Crippen molar-refractivity contribution in [1.82, 2.24) is 9.80 Å². The minimum atomic E-state index is -0.333. The van der Waals surface area contributed by atoms with Gasteiger partial charge in [-0.25, -0.2) is 0 Å². The number of carbonyl (C=O) groups is 2. The Morgan fingerprint density at radius 3 is 2.50 bits per heavy atom. The molecule has 0 bridgehead atoms. The number of furan rings is 1.